The molecule has 1 aliphatic carbocycles. The summed E-state index contributed by atoms with van der Waals surface area (Å²) in [4.78, 5) is 11.3. The summed E-state index contributed by atoms with van der Waals surface area (Å²) in [6.07, 6.45) is 6.77. The quantitative estimate of drug-likeness (QED) is 0.644. The second kappa shape index (κ2) is 4.43. The van der Waals surface area contributed by atoms with Gasteiger partial charge in [-0.25, -0.2) is 0 Å². The molecule has 80 valence electrons. The summed E-state index contributed by atoms with van der Waals surface area (Å²) in [5, 5.41) is 0. The van der Waals surface area contributed by atoms with Crippen LogP contribution in [0.3, 0.4) is 0 Å². The first-order valence-corrected chi connectivity index (χ1v) is 5.89. The average molecular weight is 196 g/mol. The standard InChI is InChI=1S/C12H20O2/c1-9-3-2-4-10(7-9)12-8-11(13)5-6-14-12/h9-10,12H,2-8H2,1H3. The van der Waals surface area contributed by atoms with Crippen molar-refractivity contribution in [3.63, 3.8) is 0 Å². The topological polar surface area (TPSA) is 26.3 Å². The Morgan fingerprint density at radius 3 is 2.93 bits per heavy atom. The third-order valence-electron chi connectivity index (χ3n) is 3.64. The van der Waals surface area contributed by atoms with Gasteiger partial charge in [-0.1, -0.05) is 19.8 Å². The van der Waals surface area contributed by atoms with Gasteiger partial charge < -0.3 is 4.74 Å². The molecule has 2 fully saturated rings. The average Bonchev–Trinajstić information content (AvgIpc) is 2.18. The molecule has 2 aliphatic rings. The number of carbonyl (C=O) groups is 1. The molecule has 0 aromatic rings. The molecule has 3 unspecified atom stereocenters. The van der Waals surface area contributed by atoms with Crippen LogP contribution in [0.5, 0.6) is 0 Å². The fourth-order valence-electron chi connectivity index (χ4n) is 2.83. The van der Waals surface area contributed by atoms with Crippen molar-refractivity contribution in [1.82, 2.24) is 0 Å². The van der Waals surface area contributed by atoms with Crippen LogP contribution < -0.4 is 0 Å². The highest BCUT2D eigenvalue weighted by Crippen LogP contribution is 2.34. The Balaban J connectivity index is 1.89. The minimum atomic E-state index is 0.249. The summed E-state index contributed by atoms with van der Waals surface area (Å²) < 4.78 is 5.72. The van der Waals surface area contributed by atoms with Gasteiger partial charge in [0.05, 0.1) is 12.7 Å². The van der Waals surface area contributed by atoms with E-state index < -0.39 is 0 Å². The summed E-state index contributed by atoms with van der Waals surface area (Å²) in [7, 11) is 0. The summed E-state index contributed by atoms with van der Waals surface area (Å²) in [6.45, 7) is 2.98. The number of rotatable bonds is 1. The zero-order valence-electron chi connectivity index (χ0n) is 9.00. The molecule has 1 heterocycles. The molecule has 1 saturated carbocycles. The van der Waals surface area contributed by atoms with E-state index >= 15 is 0 Å². The maximum Gasteiger partial charge on any atom is 0.137 e. The van der Waals surface area contributed by atoms with Gasteiger partial charge >= 0.3 is 0 Å². The zero-order valence-corrected chi connectivity index (χ0v) is 9.00. The Bertz CT molecular complexity index is 212. The molecule has 2 rings (SSSR count). The van der Waals surface area contributed by atoms with Crippen molar-refractivity contribution in [2.45, 2.75) is 51.6 Å². The third-order valence-corrected chi connectivity index (χ3v) is 3.64. The summed E-state index contributed by atoms with van der Waals surface area (Å²) in [6, 6.07) is 0. The van der Waals surface area contributed by atoms with Crippen molar-refractivity contribution in [2.75, 3.05) is 6.61 Å². The van der Waals surface area contributed by atoms with Crippen LogP contribution in [-0.2, 0) is 9.53 Å². The van der Waals surface area contributed by atoms with Crippen molar-refractivity contribution in [1.29, 1.82) is 0 Å². The smallest absolute Gasteiger partial charge is 0.137 e. The van der Waals surface area contributed by atoms with Crippen LogP contribution in [0.15, 0.2) is 0 Å². The number of ether oxygens (including phenoxy) is 1. The van der Waals surface area contributed by atoms with Gasteiger partial charge in [-0.3, -0.25) is 4.79 Å². The van der Waals surface area contributed by atoms with Gasteiger partial charge in [-0.15, -0.1) is 0 Å². The Morgan fingerprint density at radius 1 is 1.36 bits per heavy atom. The Labute approximate surface area is 86.0 Å². The molecular weight excluding hydrogens is 176 g/mol. The second-order valence-corrected chi connectivity index (χ2v) is 4.93. The fraction of sp³-hybridized carbons (Fsp3) is 0.917. The number of hydrogen-bond acceptors (Lipinski definition) is 2. The highest BCUT2D eigenvalue weighted by atomic mass is 16.5. The minimum Gasteiger partial charge on any atom is -0.377 e. The fourth-order valence-corrected chi connectivity index (χ4v) is 2.83. The first-order chi connectivity index (χ1) is 6.75. The molecule has 0 bridgehead atoms. The maximum atomic E-state index is 11.3. The third kappa shape index (κ3) is 2.35. The largest absolute Gasteiger partial charge is 0.377 e. The molecule has 0 radical (unpaired) electrons. The second-order valence-electron chi connectivity index (χ2n) is 4.93. The molecule has 3 atom stereocenters. The molecule has 0 aromatic carbocycles. The summed E-state index contributed by atoms with van der Waals surface area (Å²) >= 11 is 0. The number of hydrogen-bond donors (Lipinski definition) is 0. The predicted octanol–water partition coefficient (Wildman–Crippen LogP) is 2.56. The van der Waals surface area contributed by atoms with E-state index in [4.69, 9.17) is 4.74 Å². The SMILES string of the molecule is CC1CCCC(C2CC(=O)CCO2)C1. The maximum absolute atomic E-state index is 11.3. The molecule has 1 saturated heterocycles. The van der Waals surface area contributed by atoms with Crippen LogP contribution in [-0.4, -0.2) is 18.5 Å². The molecular formula is C12H20O2. The van der Waals surface area contributed by atoms with Gasteiger partial charge in [0.15, 0.2) is 0 Å². The van der Waals surface area contributed by atoms with E-state index in [2.05, 4.69) is 6.92 Å². The molecule has 0 aromatic heterocycles. The molecule has 2 nitrogen and oxygen atoms in total. The predicted molar refractivity (Wildman–Crippen MR) is 55.1 cm³/mol. The van der Waals surface area contributed by atoms with Gasteiger partial charge in [0.2, 0.25) is 0 Å². The van der Waals surface area contributed by atoms with Crippen molar-refractivity contribution in [3.8, 4) is 0 Å². The van der Waals surface area contributed by atoms with Gasteiger partial charge in [0.1, 0.15) is 5.78 Å². The Morgan fingerprint density at radius 2 is 2.21 bits per heavy atom. The van der Waals surface area contributed by atoms with E-state index in [1.165, 1.54) is 25.7 Å². The summed E-state index contributed by atoms with van der Waals surface area (Å²) in [5.41, 5.74) is 0. The van der Waals surface area contributed by atoms with Gasteiger partial charge in [0.25, 0.3) is 0 Å². The lowest BCUT2D eigenvalue weighted by atomic mass is 9.78. The molecule has 0 spiro atoms. The lowest BCUT2D eigenvalue weighted by Gasteiger charge is -2.34. The van der Waals surface area contributed by atoms with Crippen LogP contribution in [0.2, 0.25) is 0 Å². The van der Waals surface area contributed by atoms with E-state index in [9.17, 15) is 4.79 Å². The number of Topliss-reactive ketones (excluding diaryl/α,β-unsaturated/α-hetero) is 1. The Kier molecular flexibility index (Phi) is 3.22. The number of ketones is 1. The zero-order chi connectivity index (χ0) is 9.97. The molecule has 0 N–H and O–H groups in total. The van der Waals surface area contributed by atoms with Crippen molar-refractivity contribution >= 4 is 5.78 Å². The molecule has 0 amide bonds. The molecule has 1 aliphatic heterocycles. The normalized spacial score (nSPS) is 39.8. The van der Waals surface area contributed by atoms with Crippen LogP contribution >= 0.6 is 0 Å². The van der Waals surface area contributed by atoms with E-state index in [0.717, 1.165) is 5.92 Å². The van der Waals surface area contributed by atoms with Crippen LogP contribution in [0.4, 0.5) is 0 Å². The highest BCUT2D eigenvalue weighted by Gasteiger charge is 2.30. The van der Waals surface area contributed by atoms with E-state index in [1.807, 2.05) is 0 Å². The van der Waals surface area contributed by atoms with Crippen molar-refractivity contribution in [3.05, 3.63) is 0 Å². The Hall–Kier alpha value is -0.370. The molecule has 2 heteroatoms. The number of carbonyl (C=O) groups excluding carboxylic acids is 1. The first kappa shape index (κ1) is 10.2. The van der Waals surface area contributed by atoms with Gasteiger partial charge in [0, 0.05) is 12.8 Å². The lowest BCUT2D eigenvalue weighted by Crippen LogP contribution is -2.34. The van der Waals surface area contributed by atoms with Crippen LogP contribution in [0.25, 0.3) is 0 Å². The van der Waals surface area contributed by atoms with Crippen LogP contribution in [0, 0.1) is 11.8 Å². The first-order valence-electron chi connectivity index (χ1n) is 5.89. The van der Waals surface area contributed by atoms with Crippen molar-refractivity contribution in [2.24, 2.45) is 11.8 Å². The van der Waals surface area contributed by atoms with Gasteiger partial charge in [-0.2, -0.15) is 0 Å². The monoisotopic (exact) mass is 196 g/mol. The minimum absolute atomic E-state index is 0.249. The highest BCUT2D eigenvalue weighted by molar-refractivity contribution is 5.79. The van der Waals surface area contributed by atoms with E-state index in [-0.39, 0.29) is 6.10 Å². The molecule has 14 heavy (non-hydrogen) atoms. The lowest BCUT2D eigenvalue weighted by molar-refractivity contribution is -0.132. The van der Waals surface area contributed by atoms with Crippen LogP contribution in [0.1, 0.15) is 45.4 Å². The van der Waals surface area contributed by atoms with E-state index in [0.29, 0.717) is 31.1 Å². The summed E-state index contributed by atoms with van der Waals surface area (Å²) in [5.74, 6) is 1.89. The van der Waals surface area contributed by atoms with E-state index in [1.54, 1.807) is 0 Å². The van der Waals surface area contributed by atoms with Crippen molar-refractivity contribution < 1.29 is 9.53 Å². The van der Waals surface area contributed by atoms with Gasteiger partial charge in [-0.05, 0) is 24.7 Å².